The zero-order valence-corrected chi connectivity index (χ0v) is 8.22. The van der Waals surface area contributed by atoms with Gasteiger partial charge in [-0.2, -0.15) is 0 Å². The van der Waals surface area contributed by atoms with Gasteiger partial charge in [-0.25, -0.2) is 0 Å². The van der Waals surface area contributed by atoms with E-state index in [1.807, 2.05) is 30.3 Å². The Morgan fingerprint density at radius 1 is 1.27 bits per heavy atom. The van der Waals surface area contributed by atoms with E-state index in [2.05, 4.69) is 0 Å². The third-order valence-corrected chi connectivity index (χ3v) is 2.82. The Labute approximate surface area is 88.0 Å². The van der Waals surface area contributed by atoms with E-state index < -0.39 is 0 Å². The first-order valence-corrected chi connectivity index (χ1v) is 5.09. The molecule has 3 nitrogen and oxygen atoms in total. The van der Waals surface area contributed by atoms with Crippen molar-refractivity contribution in [3.05, 3.63) is 42.0 Å². The smallest absolute Gasteiger partial charge is 0.253 e. The van der Waals surface area contributed by atoms with Crippen molar-refractivity contribution in [1.29, 1.82) is 0 Å². The molecule has 0 bridgehead atoms. The van der Waals surface area contributed by atoms with Gasteiger partial charge in [0.2, 0.25) is 0 Å². The SMILES string of the molecule is O=C1C=C(c2ccccc2)OC2CCN12. The molecule has 0 aromatic heterocycles. The fraction of sp³-hybridized carbons (Fsp3) is 0.250. The summed E-state index contributed by atoms with van der Waals surface area (Å²) in [5, 5.41) is 0. The van der Waals surface area contributed by atoms with Gasteiger partial charge in [0.1, 0.15) is 5.76 Å². The van der Waals surface area contributed by atoms with Crippen LogP contribution in [0.15, 0.2) is 36.4 Å². The summed E-state index contributed by atoms with van der Waals surface area (Å²) in [4.78, 5) is 13.4. The van der Waals surface area contributed by atoms with E-state index in [9.17, 15) is 4.79 Å². The summed E-state index contributed by atoms with van der Waals surface area (Å²) < 4.78 is 5.71. The summed E-state index contributed by atoms with van der Waals surface area (Å²) in [7, 11) is 0. The van der Waals surface area contributed by atoms with Gasteiger partial charge < -0.3 is 9.64 Å². The van der Waals surface area contributed by atoms with Crippen molar-refractivity contribution in [3.63, 3.8) is 0 Å². The fourth-order valence-corrected chi connectivity index (χ4v) is 1.87. The first kappa shape index (κ1) is 8.53. The average molecular weight is 201 g/mol. The van der Waals surface area contributed by atoms with Crippen LogP contribution in [0.3, 0.4) is 0 Å². The summed E-state index contributed by atoms with van der Waals surface area (Å²) in [6.45, 7) is 0.821. The molecule has 3 rings (SSSR count). The number of carbonyl (C=O) groups excluding carboxylic acids is 1. The zero-order chi connectivity index (χ0) is 10.3. The molecular formula is C12H11NO2. The van der Waals surface area contributed by atoms with Crippen LogP contribution in [0.5, 0.6) is 0 Å². The van der Waals surface area contributed by atoms with Crippen molar-refractivity contribution in [2.75, 3.05) is 6.54 Å². The molecule has 1 fully saturated rings. The maximum atomic E-state index is 11.6. The fourth-order valence-electron chi connectivity index (χ4n) is 1.87. The molecule has 0 N–H and O–H groups in total. The zero-order valence-electron chi connectivity index (χ0n) is 8.22. The number of amides is 1. The summed E-state index contributed by atoms with van der Waals surface area (Å²) in [5.41, 5.74) is 0.970. The molecule has 3 heteroatoms. The third kappa shape index (κ3) is 1.31. The van der Waals surface area contributed by atoms with E-state index in [0.29, 0.717) is 5.76 Å². The van der Waals surface area contributed by atoms with E-state index in [1.165, 1.54) is 0 Å². The van der Waals surface area contributed by atoms with Crippen molar-refractivity contribution in [2.45, 2.75) is 12.6 Å². The second-order valence-electron chi connectivity index (χ2n) is 3.77. The lowest BCUT2D eigenvalue weighted by Gasteiger charge is -2.43. The molecule has 1 unspecified atom stereocenters. The number of rotatable bonds is 1. The van der Waals surface area contributed by atoms with E-state index in [0.717, 1.165) is 18.5 Å². The van der Waals surface area contributed by atoms with Crippen LogP contribution in [0.25, 0.3) is 5.76 Å². The van der Waals surface area contributed by atoms with Crippen molar-refractivity contribution in [3.8, 4) is 0 Å². The van der Waals surface area contributed by atoms with Crippen LogP contribution < -0.4 is 0 Å². The Hall–Kier alpha value is -1.77. The number of hydrogen-bond acceptors (Lipinski definition) is 2. The predicted octanol–water partition coefficient (Wildman–Crippen LogP) is 1.62. The van der Waals surface area contributed by atoms with Crippen LogP contribution in [-0.2, 0) is 9.53 Å². The molecular weight excluding hydrogens is 190 g/mol. The lowest BCUT2D eigenvalue weighted by atomic mass is 10.1. The maximum absolute atomic E-state index is 11.6. The second kappa shape index (κ2) is 3.12. The minimum absolute atomic E-state index is 0.0299. The Bertz CT molecular complexity index is 425. The highest BCUT2D eigenvalue weighted by Crippen LogP contribution is 2.30. The predicted molar refractivity (Wildman–Crippen MR) is 55.6 cm³/mol. The summed E-state index contributed by atoms with van der Waals surface area (Å²) in [5.74, 6) is 0.762. The highest BCUT2D eigenvalue weighted by Gasteiger charge is 2.37. The van der Waals surface area contributed by atoms with Gasteiger partial charge in [0, 0.05) is 24.6 Å². The molecule has 1 aromatic carbocycles. The van der Waals surface area contributed by atoms with Crippen LogP contribution in [0.1, 0.15) is 12.0 Å². The van der Waals surface area contributed by atoms with E-state index >= 15 is 0 Å². The van der Waals surface area contributed by atoms with E-state index in [4.69, 9.17) is 4.74 Å². The number of ether oxygens (including phenoxy) is 1. The first-order valence-electron chi connectivity index (χ1n) is 5.09. The van der Waals surface area contributed by atoms with Crippen molar-refractivity contribution >= 4 is 11.7 Å². The summed E-state index contributed by atoms with van der Waals surface area (Å²) >= 11 is 0. The molecule has 1 saturated heterocycles. The number of hydrogen-bond donors (Lipinski definition) is 0. The van der Waals surface area contributed by atoms with Gasteiger partial charge in [-0.3, -0.25) is 4.79 Å². The van der Waals surface area contributed by atoms with Gasteiger partial charge in [-0.1, -0.05) is 30.3 Å². The lowest BCUT2D eigenvalue weighted by molar-refractivity contribution is -0.151. The highest BCUT2D eigenvalue weighted by molar-refractivity contribution is 5.95. The van der Waals surface area contributed by atoms with E-state index in [-0.39, 0.29) is 12.1 Å². The highest BCUT2D eigenvalue weighted by atomic mass is 16.5. The lowest BCUT2D eigenvalue weighted by Crippen LogP contribution is -2.53. The third-order valence-electron chi connectivity index (χ3n) is 2.82. The van der Waals surface area contributed by atoms with Gasteiger partial charge >= 0.3 is 0 Å². The van der Waals surface area contributed by atoms with Crippen molar-refractivity contribution in [1.82, 2.24) is 4.90 Å². The monoisotopic (exact) mass is 201 g/mol. The summed E-state index contributed by atoms with van der Waals surface area (Å²) in [6.07, 6.45) is 2.48. The van der Waals surface area contributed by atoms with E-state index in [1.54, 1.807) is 11.0 Å². The Morgan fingerprint density at radius 2 is 2.07 bits per heavy atom. The van der Waals surface area contributed by atoms with Crippen LogP contribution in [0, 0.1) is 0 Å². The van der Waals surface area contributed by atoms with Crippen LogP contribution in [0.4, 0.5) is 0 Å². The minimum Gasteiger partial charge on any atom is -0.470 e. The standard InChI is InChI=1S/C12H11NO2/c14-11-8-10(9-4-2-1-3-5-9)15-12-6-7-13(11)12/h1-5,8,12H,6-7H2. The van der Waals surface area contributed by atoms with Crippen LogP contribution in [0.2, 0.25) is 0 Å². The van der Waals surface area contributed by atoms with Crippen molar-refractivity contribution in [2.24, 2.45) is 0 Å². The quantitative estimate of drug-likeness (QED) is 0.691. The number of fused-ring (bicyclic) bond motifs is 1. The normalized spacial score (nSPS) is 23.7. The molecule has 1 amide bonds. The molecule has 1 atom stereocenters. The Kier molecular flexibility index (Phi) is 1.78. The molecule has 1 aromatic rings. The van der Waals surface area contributed by atoms with Gasteiger partial charge in [0.15, 0.2) is 6.23 Å². The molecule has 2 aliphatic heterocycles. The largest absolute Gasteiger partial charge is 0.470 e. The topological polar surface area (TPSA) is 29.5 Å². The van der Waals surface area contributed by atoms with Crippen molar-refractivity contribution < 1.29 is 9.53 Å². The van der Waals surface area contributed by atoms with Gasteiger partial charge in [-0.05, 0) is 0 Å². The van der Waals surface area contributed by atoms with Crippen LogP contribution in [-0.4, -0.2) is 23.6 Å². The molecule has 15 heavy (non-hydrogen) atoms. The van der Waals surface area contributed by atoms with Gasteiger partial charge in [0.25, 0.3) is 5.91 Å². The molecule has 2 heterocycles. The Morgan fingerprint density at radius 3 is 2.67 bits per heavy atom. The second-order valence-corrected chi connectivity index (χ2v) is 3.77. The summed E-state index contributed by atoms with van der Waals surface area (Å²) in [6, 6.07) is 9.74. The minimum atomic E-state index is -0.0299. The maximum Gasteiger partial charge on any atom is 0.253 e. The molecule has 0 saturated carbocycles. The number of nitrogens with zero attached hydrogens (tertiary/aromatic N) is 1. The van der Waals surface area contributed by atoms with Gasteiger partial charge in [-0.15, -0.1) is 0 Å². The molecule has 0 radical (unpaired) electrons. The molecule has 2 aliphatic rings. The molecule has 0 spiro atoms. The Balaban J connectivity index is 1.94. The van der Waals surface area contributed by atoms with Crippen LogP contribution >= 0.6 is 0 Å². The average Bonchev–Trinajstić information content (AvgIpc) is 2.22. The van der Waals surface area contributed by atoms with Gasteiger partial charge in [0.05, 0.1) is 0 Å². The number of carbonyl (C=O) groups is 1. The molecule has 76 valence electrons. The number of benzene rings is 1. The first-order chi connectivity index (χ1) is 7.34. The molecule has 0 aliphatic carbocycles.